The van der Waals surface area contributed by atoms with Crippen molar-refractivity contribution >= 4 is 15.7 Å². The largest absolute Gasteiger partial charge is 0.383 e. The average molecular weight is 320 g/mol. The highest BCUT2D eigenvalue weighted by atomic mass is 32.2. The Bertz CT molecular complexity index is 467. The molecule has 2 aliphatic heterocycles. The van der Waals surface area contributed by atoms with Crippen LogP contribution in [0.3, 0.4) is 0 Å². The number of sulfone groups is 1. The molecule has 0 radical (unpaired) electrons. The zero-order valence-corrected chi connectivity index (χ0v) is 13.4. The quantitative estimate of drug-likeness (QED) is 0.667. The van der Waals surface area contributed by atoms with E-state index in [9.17, 15) is 13.2 Å². The number of methoxy groups -OCH3 is 1. The maximum Gasteiger partial charge on any atom is 0.230 e. The minimum atomic E-state index is -3.02. The van der Waals surface area contributed by atoms with Crippen LogP contribution in [0.2, 0.25) is 0 Å². The van der Waals surface area contributed by atoms with Crippen LogP contribution in [0.1, 0.15) is 6.42 Å². The summed E-state index contributed by atoms with van der Waals surface area (Å²) in [6.45, 7) is 1.71. The number of ether oxygens (including phenoxy) is 2. The lowest BCUT2D eigenvalue weighted by Crippen LogP contribution is -2.50. The number of hydrogen-bond acceptors (Lipinski definition) is 6. The molecule has 8 heteroatoms. The monoisotopic (exact) mass is 320 g/mol. The van der Waals surface area contributed by atoms with Gasteiger partial charge in [0, 0.05) is 25.7 Å². The van der Waals surface area contributed by atoms with Crippen molar-refractivity contribution in [3.63, 3.8) is 0 Å². The van der Waals surface area contributed by atoms with Crippen molar-refractivity contribution < 1.29 is 22.7 Å². The van der Waals surface area contributed by atoms with Gasteiger partial charge in [-0.1, -0.05) is 0 Å². The van der Waals surface area contributed by atoms with Crippen molar-refractivity contribution in [1.82, 2.24) is 10.2 Å². The second kappa shape index (κ2) is 7.04. The summed E-state index contributed by atoms with van der Waals surface area (Å²) in [7, 11) is 0.354. The third-order valence-electron chi connectivity index (χ3n) is 4.24. The van der Waals surface area contributed by atoms with Gasteiger partial charge in [0.05, 0.1) is 37.2 Å². The highest BCUT2D eigenvalue weighted by molar-refractivity contribution is 7.91. The highest BCUT2D eigenvalue weighted by Crippen LogP contribution is 2.23. The number of likely N-dealkylation sites (N-methyl/N-ethyl adjacent to an activating group) is 1. The van der Waals surface area contributed by atoms with Gasteiger partial charge in [-0.2, -0.15) is 0 Å². The third kappa shape index (κ3) is 3.94. The van der Waals surface area contributed by atoms with Crippen molar-refractivity contribution in [2.75, 3.05) is 52.0 Å². The minimum Gasteiger partial charge on any atom is -0.383 e. The Morgan fingerprint density at radius 2 is 2.19 bits per heavy atom. The lowest BCUT2D eigenvalue weighted by Gasteiger charge is -2.31. The Kier molecular flexibility index (Phi) is 5.59. The molecule has 7 nitrogen and oxygen atoms in total. The summed E-state index contributed by atoms with van der Waals surface area (Å²) in [6, 6.07) is -0.253. The Hall–Kier alpha value is -0.700. The number of carbonyl (C=O) groups is 1. The molecule has 1 amide bonds. The molecule has 0 aliphatic carbocycles. The number of carbonyl (C=O) groups excluding carboxylic acids is 1. The van der Waals surface area contributed by atoms with E-state index >= 15 is 0 Å². The molecule has 122 valence electrons. The third-order valence-corrected chi connectivity index (χ3v) is 5.99. The Labute approximate surface area is 125 Å². The maximum atomic E-state index is 12.8. The molecular weight excluding hydrogens is 296 g/mol. The first kappa shape index (κ1) is 16.7. The Morgan fingerprint density at radius 1 is 1.43 bits per heavy atom. The molecule has 21 heavy (non-hydrogen) atoms. The van der Waals surface area contributed by atoms with Gasteiger partial charge in [0.1, 0.15) is 0 Å². The number of amides is 1. The first-order chi connectivity index (χ1) is 9.98. The summed E-state index contributed by atoms with van der Waals surface area (Å²) >= 11 is 0. The molecule has 2 aliphatic rings. The molecule has 0 bridgehead atoms. The molecule has 0 aromatic rings. The van der Waals surface area contributed by atoms with Crippen molar-refractivity contribution in [3.8, 4) is 0 Å². The molecule has 0 aromatic carbocycles. The lowest BCUT2D eigenvalue weighted by molar-refractivity contribution is -0.138. The maximum absolute atomic E-state index is 12.8. The van der Waals surface area contributed by atoms with E-state index in [4.69, 9.17) is 9.47 Å². The molecule has 2 fully saturated rings. The SMILES string of the molecule is CNC1COCC1C(=O)N(CCOC)C1CCS(=O)(=O)C1. The number of rotatable bonds is 6. The van der Waals surface area contributed by atoms with Crippen molar-refractivity contribution in [2.24, 2.45) is 5.92 Å². The van der Waals surface area contributed by atoms with Gasteiger partial charge >= 0.3 is 0 Å². The summed E-state index contributed by atoms with van der Waals surface area (Å²) in [4.78, 5) is 14.5. The molecular formula is C13H24N2O5S. The highest BCUT2D eigenvalue weighted by Gasteiger charge is 2.40. The molecule has 2 saturated heterocycles. The van der Waals surface area contributed by atoms with Crippen LogP contribution >= 0.6 is 0 Å². The van der Waals surface area contributed by atoms with E-state index in [0.29, 0.717) is 32.8 Å². The zero-order valence-electron chi connectivity index (χ0n) is 12.6. The summed E-state index contributed by atoms with van der Waals surface area (Å²) in [5, 5.41) is 3.09. The van der Waals surface area contributed by atoms with Crippen molar-refractivity contribution in [1.29, 1.82) is 0 Å². The van der Waals surface area contributed by atoms with Gasteiger partial charge < -0.3 is 19.7 Å². The molecule has 0 spiro atoms. The van der Waals surface area contributed by atoms with Gasteiger partial charge in [-0.3, -0.25) is 4.79 Å². The van der Waals surface area contributed by atoms with Crippen molar-refractivity contribution in [3.05, 3.63) is 0 Å². The summed E-state index contributed by atoms with van der Waals surface area (Å²) in [5.41, 5.74) is 0. The number of nitrogens with zero attached hydrogens (tertiary/aromatic N) is 1. The van der Waals surface area contributed by atoms with Gasteiger partial charge in [-0.25, -0.2) is 8.42 Å². The molecule has 3 unspecified atom stereocenters. The van der Waals surface area contributed by atoms with Crippen LogP contribution in [0.25, 0.3) is 0 Å². The van der Waals surface area contributed by atoms with Crippen molar-refractivity contribution in [2.45, 2.75) is 18.5 Å². The van der Waals surface area contributed by atoms with Gasteiger partial charge in [0.2, 0.25) is 5.91 Å². The number of hydrogen-bond donors (Lipinski definition) is 1. The van der Waals surface area contributed by atoms with Crippen LogP contribution in [0.15, 0.2) is 0 Å². The van der Waals surface area contributed by atoms with Crippen LogP contribution in [0, 0.1) is 5.92 Å². The molecule has 2 rings (SSSR count). The molecule has 0 aromatic heterocycles. The average Bonchev–Trinajstić information content (AvgIpc) is 3.05. The van der Waals surface area contributed by atoms with E-state index in [1.165, 1.54) is 0 Å². The normalized spacial score (nSPS) is 31.4. The molecule has 3 atom stereocenters. The first-order valence-corrected chi connectivity index (χ1v) is 9.05. The van der Waals surface area contributed by atoms with Crippen LogP contribution in [-0.2, 0) is 24.1 Å². The van der Waals surface area contributed by atoms with Crippen LogP contribution < -0.4 is 5.32 Å². The van der Waals surface area contributed by atoms with Gasteiger partial charge in [-0.05, 0) is 13.5 Å². The Balaban J connectivity index is 2.10. The predicted octanol–water partition coefficient (Wildman–Crippen LogP) is -1.12. The molecule has 1 N–H and O–H groups in total. The molecule has 0 saturated carbocycles. The van der Waals surface area contributed by atoms with E-state index in [-0.39, 0.29) is 35.4 Å². The van der Waals surface area contributed by atoms with E-state index in [1.807, 2.05) is 0 Å². The minimum absolute atomic E-state index is 0.0134. The topological polar surface area (TPSA) is 84.9 Å². The van der Waals surface area contributed by atoms with Gasteiger partial charge in [0.15, 0.2) is 9.84 Å². The predicted molar refractivity (Wildman–Crippen MR) is 77.8 cm³/mol. The fraction of sp³-hybridized carbons (Fsp3) is 0.923. The van der Waals surface area contributed by atoms with Crippen LogP contribution in [0.4, 0.5) is 0 Å². The zero-order chi connectivity index (χ0) is 15.5. The standard InChI is InChI=1S/C13H24N2O5S/c1-14-12-8-20-7-11(12)13(16)15(4-5-19-2)10-3-6-21(17,18)9-10/h10-12,14H,3-9H2,1-2H3. The van der Waals surface area contributed by atoms with E-state index in [1.54, 1.807) is 19.1 Å². The molecule has 2 heterocycles. The van der Waals surface area contributed by atoms with E-state index in [0.717, 1.165) is 0 Å². The fourth-order valence-corrected chi connectivity index (χ4v) is 4.71. The fourth-order valence-electron chi connectivity index (χ4n) is 2.98. The van der Waals surface area contributed by atoms with Crippen LogP contribution in [-0.4, -0.2) is 83.3 Å². The lowest BCUT2D eigenvalue weighted by atomic mass is 10.0. The van der Waals surface area contributed by atoms with Crippen LogP contribution in [0.5, 0.6) is 0 Å². The number of nitrogens with one attached hydrogen (secondary N) is 1. The summed E-state index contributed by atoms with van der Waals surface area (Å²) in [5.74, 6) is -0.0770. The second-order valence-corrected chi connectivity index (χ2v) is 7.85. The van der Waals surface area contributed by atoms with E-state index < -0.39 is 9.84 Å². The first-order valence-electron chi connectivity index (χ1n) is 7.23. The smallest absolute Gasteiger partial charge is 0.230 e. The summed E-state index contributed by atoms with van der Waals surface area (Å²) < 4.78 is 33.8. The Morgan fingerprint density at radius 3 is 2.76 bits per heavy atom. The summed E-state index contributed by atoms with van der Waals surface area (Å²) in [6.07, 6.45) is 0.510. The van der Waals surface area contributed by atoms with E-state index in [2.05, 4.69) is 5.32 Å². The second-order valence-electron chi connectivity index (χ2n) is 5.62. The van der Waals surface area contributed by atoms with Gasteiger partial charge in [0.25, 0.3) is 0 Å². The van der Waals surface area contributed by atoms with Gasteiger partial charge in [-0.15, -0.1) is 0 Å².